The molecule has 2 aromatic rings. The molecule has 0 aliphatic carbocycles. The minimum absolute atomic E-state index is 0.627. The fourth-order valence-corrected chi connectivity index (χ4v) is 2.18. The molecule has 0 fully saturated rings. The van der Waals surface area contributed by atoms with Crippen molar-refractivity contribution in [3.05, 3.63) is 53.0 Å². The number of aliphatic hydroxyl groups is 1. The number of ether oxygens (including phenoxy) is 1. The highest BCUT2D eigenvalue weighted by Gasteiger charge is 2.17. The SMILES string of the molecule is Cc1cc(C(O)c2ccc3c(c2)CCO3)co1. The van der Waals surface area contributed by atoms with Crippen LogP contribution in [0.3, 0.4) is 0 Å². The van der Waals surface area contributed by atoms with E-state index in [2.05, 4.69) is 0 Å². The Kier molecular flexibility index (Phi) is 2.41. The molecule has 3 heteroatoms. The molecule has 0 bridgehead atoms. The summed E-state index contributed by atoms with van der Waals surface area (Å²) in [5.41, 5.74) is 2.85. The molecule has 1 aliphatic heterocycles. The number of rotatable bonds is 2. The van der Waals surface area contributed by atoms with Gasteiger partial charge in [-0.25, -0.2) is 0 Å². The first kappa shape index (κ1) is 10.4. The molecule has 3 nitrogen and oxygen atoms in total. The third kappa shape index (κ3) is 1.83. The van der Waals surface area contributed by atoms with Crippen LogP contribution in [-0.2, 0) is 6.42 Å². The van der Waals surface area contributed by atoms with Crippen LogP contribution in [0.1, 0.15) is 28.6 Å². The third-order valence-electron chi connectivity index (χ3n) is 3.10. The second kappa shape index (κ2) is 3.93. The van der Waals surface area contributed by atoms with Gasteiger partial charge in [-0.15, -0.1) is 0 Å². The molecular formula is C14H14O3. The highest BCUT2D eigenvalue weighted by atomic mass is 16.5. The lowest BCUT2D eigenvalue weighted by molar-refractivity contribution is 0.219. The Bertz CT molecular complexity index is 542. The lowest BCUT2D eigenvalue weighted by Crippen LogP contribution is -1.98. The van der Waals surface area contributed by atoms with E-state index in [1.165, 1.54) is 5.56 Å². The lowest BCUT2D eigenvalue weighted by Gasteiger charge is -2.09. The Hall–Kier alpha value is -1.74. The van der Waals surface area contributed by atoms with Crippen LogP contribution in [0.15, 0.2) is 34.9 Å². The van der Waals surface area contributed by atoms with Crippen molar-refractivity contribution < 1.29 is 14.3 Å². The van der Waals surface area contributed by atoms with Crippen molar-refractivity contribution in [1.29, 1.82) is 0 Å². The average molecular weight is 230 g/mol. The molecular weight excluding hydrogens is 216 g/mol. The van der Waals surface area contributed by atoms with Crippen molar-refractivity contribution in [2.45, 2.75) is 19.4 Å². The summed E-state index contributed by atoms with van der Waals surface area (Å²) >= 11 is 0. The fourth-order valence-electron chi connectivity index (χ4n) is 2.18. The van der Waals surface area contributed by atoms with E-state index in [4.69, 9.17) is 9.15 Å². The molecule has 1 aliphatic rings. The van der Waals surface area contributed by atoms with Gasteiger partial charge in [-0.1, -0.05) is 6.07 Å². The van der Waals surface area contributed by atoms with E-state index >= 15 is 0 Å². The van der Waals surface area contributed by atoms with Crippen molar-refractivity contribution in [3.8, 4) is 5.75 Å². The largest absolute Gasteiger partial charge is 0.493 e. The zero-order chi connectivity index (χ0) is 11.8. The summed E-state index contributed by atoms with van der Waals surface area (Å²) in [6.45, 7) is 2.60. The van der Waals surface area contributed by atoms with Crippen LogP contribution in [-0.4, -0.2) is 11.7 Å². The third-order valence-corrected chi connectivity index (χ3v) is 3.10. The normalized spacial score (nSPS) is 15.4. The number of aliphatic hydroxyl groups excluding tert-OH is 1. The first-order valence-corrected chi connectivity index (χ1v) is 5.73. The average Bonchev–Trinajstić information content (AvgIpc) is 2.95. The van der Waals surface area contributed by atoms with Crippen LogP contribution < -0.4 is 4.74 Å². The Morgan fingerprint density at radius 1 is 1.24 bits per heavy atom. The van der Waals surface area contributed by atoms with Crippen LogP contribution in [0.2, 0.25) is 0 Å². The van der Waals surface area contributed by atoms with Crippen molar-refractivity contribution in [2.75, 3.05) is 6.61 Å². The maximum atomic E-state index is 10.2. The molecule has 1 aromatic carbocycles. The van der Waals surface area contributed by atoms with Crippen molar-refractivity contribution >= 4 is 0 Å². The van der Waals surface area contributed by atoms with Gasteiger partial charge in [0.25, 0.3) is 0 Å². The molecule has 88 valence electrons. The molecule has 1 atom stereocenters. The molecule has 1 aromatic heterocycles. The molecule has 1 N–H and O–H groups in total. The summed E-state index contributed by atoms with van der Waals surface area (Å²) in [4.78, 5) is 0. The summed E-state index contributed by atoms with van der Waals surface area (Å²) in [7, 11) is 0. The van der Waals surface area contributed by atoms with Gasteiger partial charge in [0, 0.05) is 12.0 Å². The number of hydrogen-bond acceptors (Lipinski definition) is 3. The molecule has 1 unspecified atom stereocenters. The Balaban J connectivity index is 1.94. The fraction of sp³-hybridized carbons (Fsp3) is 0.286. The number of benzene rings is 1. The van der Waals surface area contributed by atoms with E-state index in [-0.39, 0.29) is 0 Å². The number of aryl methyl sites for hydroxylation is 1. The van der Waals surface area contributed by atoms with Crippen molar-refractivity contribution in [2.24, 2.45) is 0 Å². The highest BCUT2D eigenvalue weighted by molar-refractivity contribution is 5.42. The topological polar surface area (TPSA) is 42.6 Å². The summed E-state index contributed by atoms with van der Waals surface area (Å²) in [5.74, 6) is 1.74. The smallest absolute Gasteiger partial charge is 0.122 e. The molecule has 0 saturated carbocycles. The van der Waals surface area contributed by atoms with E-state index in [9.17, 15) is 5.11 Å². The van der Waals surface area contributed by atoms with Gasteiger partial charge < -0.3 is 14.3 Å². The first-order valence-electron chi connectivity index (χ1n) is 5.73. The van der Waals surface area contributed by atoms with Gasteiger partial charge in [-0.3, -0.25) is 0 Å². The van der Waals surface area contributed by atoms with Crippen molar-refractivity contribution in [1.82, 2.24) is 0 Å². The van der Waals surface area contributed by atoms with Gasteiger partial charge in [0.1, 0.15) is 17.6 Å². The maximum Gasteiger partial charge on any atom is 0.122 e. The second-order valence-corrected chi connectivity index (χ2v) is 4.36. The predicted octanol–water partition coefficient (Wildman–Crippen LogP) is 2.60. The first-order chi connectivity index (χ1) is 8.24. The van der Waals surface area contributed by atoms with Crippen LogP contribution in [0.25, 0.3) is 0 Å². The van der Waals surface area contributed by atoms with Crippen LogP contribution in [0, 0.1) is 6.92 Å². The van der Waals surface area contributed by atoms with Crippen LogP contribution in [0.4, 0.5) is 0 Å². The van der Waals surface area contributed by atoms with Gasteiger partial charge in [0.2, 0.25) is 0 Å². The molecule has 0 saturated heterocycles. The molecule has 0 spiro atoms. The maximum absolute atomic E-state index is 10.2. The number of fused-ring (bicyclic) bond motifs is 1. The standard InChI is InChI=1S/C14H14O3/c1-9-6-12(8-17-9)14(15)11-2-3-13-10(7-11)4-5-16-13/h2-3,6-8,14-15H,4-5H2,1H3. The summed E-state index contributed by atoms with van der Waals surface area (Å²) in [6.07, 6.45) is 1.89. The molecule has 3 rings (SSSR count). The van der Waals surface area contributed by atoms with Gasteiger partial charge in [0.05, 0.1) is 12.9 Å². The van der Waals surface area contributed by atoms with E-state index < -0.39 is 6.10 Å². The quantitative estimate of drug-likeness (QED) is 0.862. The predicted molar refractivity (Wildman–Crippen MR) is 63.1 cm³/mol. The van der Waals surface area contributed by atoms with Gasteiger partial charge in [0.15, 0.2) is 0 Å². The van der Waals surface area contributed by atoms with E-state index in [0.717, 1.165) is 35.7 Å². The van der Waals surface area contributed by atoms with Gasteiger partial charge in [-0.05, 0) is 36.2 Å². The van der Waals surface area contributed by atoms with Crippen LogP contribution in [0.5, 0.6) is 5.75 Å². The lowest BCUT2D eigenvalue weighted by atomic mass is 10.0. The monoisotopic (exact) mass is 230 g/mol. The van der Waals surface area contributed by atoms with Crippen LogP contribution >= 0.6 is 0 Å². The number of furan rings is 1. The summed E-state index contributed by atoms with van der Waals surface area (Å²) in [5, 5.41) is 10.2. The highest BCUT2D eigenvalue weighted by Crippen LogP contribution is 2.30. The zero-order valence-corrected chi connectivity index (χ0v) is 9.64. The Morgan fingerprint density at radius 3 is 2.88 bits per heavy atom. The summed E-state index contributed by atoms with van der Waals surface area (Å²) in [6, 6.07) is 7.69. The van der Waals surface area contributed by atoms with Crippen molar-refractivity contribution in [3.63, 3.8) is 0 Å². The minimum atomic E-state index is -0.627. The molecule has 0 amide bonds. The van der Waals surface area contributed by atoms with Gasteiger partial charge in [-0.2, -0.15) is 0 Å². The van der Waals surface area contributed by atoms with E-state index in [0.29, 0.717) is 0 Å². The molecule has 17 heavy (non-hydrogen) atoms. The zero-order valence-electron chi connectivity index (χ0n) is 9.64. The Morgan fingerprint density at radius 2 is 2.12 bits per heavy atom. The number of hydrogen-bond donors (Lipinski definition) is 1. The Labute approximate surface area is 99.6 Å². The summed E-state index contributed by atoms with van der Waals surface area (Å²) < 4.78 is 10.7. The molecule has 0 radical (unpaired) electrons. The van der Waals surface area contributed by atoms with Gasteiger partial charge >= 0.3 is 0 Å². The minimum Gasteiger partial charge on any atom is -0.493 e. The van der Waals surface area contributed by atoms with E-state index in [1.807, 2.05) is 31.2 Å². The molecule has 2 heterocycles. The second-order valence-electron chi connectivity index (χ2n) is 4.36. The van der Waals surface area contributed by atoms with E-state index in [1.54, 1.807) is 6.26 Å².